The maximum absolute atomic E-state index is 13.9. The average molecular weight is 454 g/mol. The van der Waals surface area contributed by atoms with Gasteiger partial charge in [-0.1, -0.05) is 55.5 Å². The molecule has 0 spiro atoms. The zero-order valence-electron chi connectivity index (χ0n) is 18.8. The Kier molecular flexibility index (Phi) is 7.82. The Morgan fingerprint density at radius 3 is 2.55 bits per heavy atom. The van der Waals surface area contributed by atoms with Crippen LogP contribution in [0.25, 0.3) is 5.70 Å². The molecule has 0 fully saturated rings. The molecule has 2 aromatic carbocycles. The van der Waals surface area contributed by atoms with Crippen molar-refractivity contribution < 1.29 is 22.7 Å². The first-order valence-electron chi connectivity index (χ1n) is 10.7. The van der Waals surface area contributed by atoms with Crippen molar-refractivity contribution in [1.82, 2.24) is 0 Å². The molecule has 2 aromatic rings. The molecule has 0 aliphatic carbocycles. The largest absolute Gasteiger partial charge is 0.376 e. The fourth-order valence-electron chi connectivity index (χ4n) is 3.48. The van der Waals surface area contributed by atoms with Gasteiger partial charge in [-0.2, -0.15) is 8.78 Å². The van der Waals surface area contributed by atoms with Crippen LogP contribution in [0, 0.1) is 11.7 Å². The second-order valence-corrected chi connectivity index (χ2v) is 7.94. The molecule has 6 heteroatoms. The van der Waals surface area contributed by atoms with Crippen LogP contribution < -0.4 is 0 Å². The van der Waals surface area contributed by atoms with E-state index < -0.39 is 6.11 Å². The first-order valence-corrected chi connectivity index (χ1v) is 10.7. The molecule has 1 aliphatic rings. The van der Waals surface area contributed by atoms with Crippen molar-refractivity contribution in [2.75, 3.05) is 0 Å². The highest BCUT2D eigenvalue weighted by atomic mass is 19.3. The summed E-state index contributed by atoms with van der Waals surface area (Å²) in [7, 11) is 0. The zero-order valence-corrected chi connectivity index (χ0v) is 18.8. The van der Waals surface area contributed by atoms with Crippen LogP contribution >= 0.6 is 0 Å². The van der Waals surface area contributed by atoms with Gasteiger partial charge in [-0.25, -0.2) is 4.39 Å². The van der Waals surface area contributed by atoms with Crippen molar-refractivity contribution in [2.45, 2.75) is 39.9 Å². The number of carbonyl (C=O) groups excluding carboxylic acids is 1. The summed E-state index contributed by atoms with van der Waals surface area (Å²) in [6, 6.07) is 13.1. The molecule has 0 radical (unpaired) electrons. The molecule has 0 amide bonds. The third kappa shape index (κ3) is 6.62. The second kappa shape index (κ2) is 10.6. The third-order valence-corrected chi connectivity index (χ3v) is 5.26. The molecule has 0 N–H and O–H groups in total. The number of allylic oxidation sites excluding steroid dienone is 4. The van der Waals surface area contributed by atoms with E-state index in [-0.39, 0.29) is 24.1 Å². The van der Waals surface area contributed by atoms with Crippen LogP contribution in [0.2, 0.25) is 0 Å². The van der Waals surface area contributed by atoms with Gasteiger partial charge < -0.3 is 4.74 Å². The van der Waals surface area contributed by atoms with Gasteiger partial charge in [0.25, 0.3) is 0 Å². The van der Waals surface area contributed by atoms with Gasteiger partial charge in [0, 0.05) is 23.1 Å². The molecule has 0 saturated heterocycles. The summed E-state index contributed by atoms with van der Waals surface area (Å²) >= 11 is 0. The Balaban J connectivity index is 1.97. The summed E-state index contributed by atoms with van der Waals surface area (Å²) in [5.41, 5.74) is 3.72. The molecular weight excluding hydrogens is 427 g/mol. The van der Waals surface area contributed by atoms with Crippen LogP contribution in [0.3, 0.4) is 0 Å². The van der Waals surface area contributed by atoms with E-state index in [0.29, 0.717) is 46.2 Å². The normalized spacial score (nSPS) is 21.9. The number of ketones is 1. The monoisotopic (exact) mass is 453 g/mol. The fraction of sp³-hybridized carbons (Fsp3) is 0.259. The molecule has 3 nitrogen and oxygen atoms in total. The lowest BCUT2D eigenvalue weighted by Crippen LogP contribution is -2.17. The van der Waals surface area contributed by atoms with Crippen LogP contribution in [-0.4, -0.2) is 17.6 Å². The summed E-state index contributed by atoms with van der Waals surface area (Å²) in [6.45, 7) is 4.71. The molecule has 172 valence electrons. The minimum absolute atomic E-state index is 0.0497. The standard InChI is InChI=1S/C27H26F3NO2/c1-4-14-27(29,30)33-17-20-9-12-21(13-10-20)25-16-22(19(3)32)11-8-18(2)26(31-25)23-6-5-7-24(28)15-23/h4-7,9-16,18H,8,17H2,1-3H3/b14-4+,22-11-,25-16-,31-26+. The van der Waals surface area contributed by atoms with Gasteiger partial charge in [0.2, 0.25) is 0 Å². The summed E-state index contributed by atoms with van der Waals surface area (Å²) in [5, 5.41) is 0. The number of nitrogens with zero attached hydrogens (tertiary/aromatic N) is 1. The minimum Gasteiger partial charge on any atom is -0.312 e. The van der Waals surface area contributed by atoms with Gasteiger partial charge in [-0.05, 0) is 49.6 Å². The number of aliphatic imine (C=N–C) groups is 1. The quantitative estimate of drug-likeness (QED) is 0.428. The van der Waals surface area contributed by atoms with Crippen molar-refractivity contribution in [3.8, 4) is 0 Å². The van der Waals surface area contributed by atoms with Crippen molar-refractivity contribution in [3.05, 3.63) is 101 Å². The molecule has 3 rings (SSSR count). The van der Waals surface area contributed by atoms with Crippen molar-refractivity contribution >= 4 is 17.2 Å². The minimum atomic E-state index is -3.34. The van der Waals surface area contributed by atoms with Gasteiger partial charge >= 0.3 is 6.11 Å². The first-order chi connectivity index (χ1) is 15.7. The molecule has 1 heterocycles. The number of carbonyl (C=O) groups is 1. The molecular formula is C27H26F3NO2. The van der Waals surface area contributed by atoms with Gasteiger partial charge in [-0.3, -0.25) is 9.79 Å². The number of benzene rings is 2. The predicted molar refractivity (Wildman–Crippen MR) is 124 cm³/mol. The van der Waals surface area contributed by atoms with Crippen molar-refractivity contribution in [3.63, 3.8) is 0 Å². The molecule has 33 heavy (non-hydrogen) atoms. The van der Waals surface area contributed by atoms with Crippen LogP contribution in [0.1, 0.15) is 43.9 Å². The van der Waals surface area contributed by atoms with E-state index in [4.69, 9.17) is 4.99 Å². The highest BCUT2D eigenvalue weighted by Gasteiger charge is 2.25. The Morgan fingerprint density at radius 2 is 1.91 bits per heavy atom. The topological polar surface area (TPSA) is 38.7 Å². The summed E-state index contributed by atoms with van der Waals surface area (Å²) in [4.78, 5) is 17.0. The van der Waals surface area contributed by atoms with E-state index in [2.05, 4.69) is 4.74 Å². The van der Waals surface area contributed by atoms with Gasteiger partial charge in [-0.15, -0.1) is 0 Å². The number of hydrogen-bond donors (Lipinski definition) is 0. The van der Waals surface area contributed by atoms with E-state index in [0.717, 1.165) is 0 Å². The molecule has 0 bridgehead atoms. The average Bonchev–Trinajstić information content (AvgIpc) is 2.76. The molecule has 1 aliphatic heterocycles. The van der Waals surface area contributed by atoms with Crippen LogP contribution in [0.5, 0.6) is 0 Å². The summed E-state index contributed by atoms with van der Waals surface area (Å²) in [5.74, 6) is -0.485. The third-order valence-electron chi connectivity index (χ3n) is 5.26. The maximum Gasteiger partial charge on any atom is 0.376 e. The fourth-order valence-corrected chi connectivity index (χ4v) is 3.48. The van der Waals surface area contributed by atoms with Gasteiger partial charge in [0.1, 0.15) is 5.82 Å². The number of alkyl halides is 2. The van der Waals surface area contributed by atoms with E-state index in [1.165, 1.54) is 32.1 Å². The SMILES string of the molecule is C/C=C/C(F)(F)OCc1ccc(C2=C/C(C(C)=O)=C/CC(C)/C(c3cccc(F)c3)=N\2)cc1. The van der Waals surface area contributed by atoms with Crippen molar-refractivity contribution in [2.24, 2.45) is 10.9 Å². The van der Waals surface area contributed by atoms with Gasteiger partial charge in [0.05, 0.1) is 18.0 Å². The predicted octanol–water partition coefficient (Wildman–Crippen LogP) is 6.90. The Morgan fingerprint density at radius 1 is 1.18 bits per heavy atom. The second-order valence-electron chi connectivity index (χ2n) is 7.94. The number of rotatable bonds is 7. The van der Waals surface area contributed by atoms with E-state index in [9.17, 15) is 18.0 Å². The maximum atomic E-state index is 13.9. The van der Waals surface area contributed by atoms with Crippen LogP contribution in [-0.2, 0) is 16.1 Å². The van der Waals surface area contributed by atoms with E-state index >= 15 is 0 Å². The highest BCUT2D eigenvalue weighted by molar-refractivity contribution is 6.06. The lowest BCUT2D eigenvalue weighted by atomic mass is 9.91. The van der Waals surface area contributed by atoms with Gasteiger partial charge in [0.15, 0.2) is 5.78 Å². The number of hydrogen-bond acceptors (Lipinski definition) is 3. The number of halogens is 3. The molecule has 0 aromatic heterocycles. The van der Waals surface area contributed by atoms with E-state index in [1.54, 1.807) is 42.5 Å². The first kappa shape index (κ1) is 24.4. The smallest absolute Gasteiger partial charge is 0.312 e. The lowest BCUT2D eigenvalue weighted by molar-refractivity contribution is -0.207. The van der Waals surface area contributed by atoms with Crippen LogP contribution in [0.4, 0.5) is 13.2 Å². The van der Waals surface area contributed by atoms with Crippen molar-refractivity contribution in [1.29, 1.82) is 0 Å². The Bertz CT molecular complexity index is 1130. The highest BCUT2D eigenvalue weighted by Crippen LogP contribution is 2.27. The molecule has 1 atom stereocenters. The summed E-state index contributed by atoms with van der Waals surface area (Å²) < 4.78 is 45.6. The summed E-state index contributed by atoms with van der Waals surface area (Å²) in [6.07, 6.45) is 2.76. The zero-order chi connectivity index (χ0) is 24.0. The number of Topliss-reactive ketones (excluding diaryl/α,β-unsaturated/α-hetero) is 1. The molecule has 0 saturated carbocycles. The lowest BCUT2D eigenvalue weighted by Gasteiger charge is -2.18. The Labute approximate surface area is 192 Å². The van der Waals surface area contributed by atoms with Crippen LogP contribution in [0.15, 0.2) is 83.4 Å². The number of ether oxygens (including phenoxy) is 1. The van der Waals surface area contributed by atoms with E-state index in [1.807, 2.05) is 13.0 Å². The Hall–Kier alpha value is -3.25. The molecule has 1 unspecified atom stereocenters.